The van der Waals surface area contributed by atoms with E-state index in [-0.39, 0.29) is 12.1 Å². The molecule has 0 bridgehead atoms. The lowest BCUT2D eigenvalue weighted by atomic mass is 9.82. The van der Waals surface area contributed by atoms with Crippen molar-refractivity contribution < 1.29 is 9.53 Å². The summed E-state index contributed by atoms with van der Waals surface area (Å²) in [5, 5.41) is 6.46. The molecule has 0 saturated carbocycles. The van der Waals surface area contributed by atoms with E-state index in [1.807, 2.05) is 32.5 Å². The monoisotopic (exact) mass is 302 g/mol. The van der Waals surface area contributed by atoms with E-state index < -0.39 is 5.60 Å². The van der Waals surface area contributed by atoms with Gasteiger partial charge in [-0.25, -0.2) is 4.79 Å². The third kappa shape index (κ3) is 6.35. The number of nitrogens with one attached hydrogen (secondary N) is 2. The number of carbonyl (C=O) groups is 1. The molecular formula is C15H30N2O2S. The molecule has 1 fully saturated rings. The highest BCUT2D eigenvalue weighted by Gasteiger charge is 2.33. The lowest BCUT2D eigenvalue weighted by Gasteiger charge is -2.40. The molecule has 1 saturated heterocycles. The fourth-order valence-corrected chi connectivity index (χ4v) is 3.78. The molecule has 1 aliphatic heterocycles. The van der Waals surface area contributed by atoms with E-state index in [1.54, 1.807) is 0 Å². The van der Waals surface area contributed by atoms with Gasteiger partial charge in [0, 0.05) is 24.4 Å². The van der Waals surface area contributed by atoms with Crippen LogP contribution in [0.1, 0.15) is 48.0 Å². The molecule has 0 aliphatic carbocycles. The predicted octanol–water partition coefficient (Wildman–Crippen LogP) is 3.02. The van der Waals surface area contributed by atoms with Crippen molar-refractivity contribution in [3.63, 3.8) is 0 Å². The Balaban J connectivity index is 2.33. The van der Waals surface area contributed by atoms with Crippen LogP contribution in [0.4, 0.5) is 4.79 Å². The van der Waals surface area contributed by atoms with E-state index in [1.165, 1.54) is 12.2 Å². The van der Waals surface area contributed by atoms with Gasteiger partial charge in [0.05, 0.1) is 0 Å². The van der Waals surface area contributed by atoms with Gasteiger partial charge in [-0.05, 0) is 45.3 Å². The summed E-state index contributed by atoms with van der Waals surface area (Å²) in [5.74, 6) is 2.39. The summed E-state index contributed by atoms with van der Waals surface area (Å²) in [5.41, 5.74) is -0.117. The average molecular weight is 302 g/mol. The minimum absolute atomic E-state index is 0.241. The van der Waals surface area contributed by atoms with Crippen LogP contribution in [0.3, 0.4) is 0 Å². The van der Waals surface area contributed by atoms with E-state index in [9.17, 15) is 4.79 Å². The first-order chi connectivity index (χ1) is 9.10. The Morgan fingerprint density at radius 3 is 2.65 bits per heavy atom. The number of ether oxygens (including phenoxy) is 1. The van der Waals surface area contributed by atoms with Crippen molar-refractivity contribution in [2.75, 3.05) is 18.1 Å². The summed E-state index contributed by atoms with van der Waals surface area (Å²) in [4.78, 5) is 11.6. The Morgan fingerprint density at radius 2 is 2.10 bits per heavy atom. The zero-order valence-corrected chi connectivity index (χ0v) is 14.5. The van der Waals surface area contributed by atoms with Crippen LogP contribution in [0.2, 0.25) is 0 Å². The van der Waals surface area contributed by atoms with Crippen LogP contribution in [0.15, 0.2) is 0 Å². The number of hydrogen-bond acceptors (Lipinski definition) is 4. The second-order valence-corrected chi connectivity index (χ2v) is 8.47. The highest BCUT2D eigenvalue weighted by molar-refractivity contribution is 7.99. The molecule has 2 N–H and O–H groups in total. The topological polar surface area (TPSA) is 50.4 Å². The maximum atomic E-state index is 11.6. The molecule has 0 aromatic carbocycles. The second kappa shape index (κ2) is 7.03. The Kier molecular flexibility index (Phi) is 6.20. The SMILES string of the molecule is CC(CNC(=O)OC(C)(C)C)NC1CSCCC1(C)C. The summed E-state index contributed by atoms with van der Waals surface area (Å²) in [6.07, 6.45) is 0.894. The zero-order valence-electron chi connectivity index (χ0n) is 13.7. The normalized spacial score (nSPS) is 24.0. The lowest BCUT2D eigenvalue weighted by molar-refractivity contribution is 0.0521. The van der Waals surface area contributed by atoms with Crippen molar-refractivity contribution in [2.24, 2.45) is 5.41 Å². The van der Waals surface area contributed by atoms with E-state index in [4.69, 9.17) is 4.74 Å². The third-order valence-electron chi connectivity index (χ3n) is 3.56. The number of alkyl carbamates (subject to hydrolysis) is 1. The first-order valence-electron chi connectivity index (χ1n) is 7.41. The minimum atomic E-state index is -0.442. The Hall–Kier alpha value is -0.420. The van der Waals surface area contributed by atoms with Crippen LogP contribution in [0, 0.1) is 5.41 Å². The molecule has 1 heterocycles. The van der Waals surface area contributed by atoms with E-state index in [0.29, 0.717) is 18.0 Å². The highest BCUT2D eigenvalue weighted by Crippen LogP contribution is 2.34. The molecule has 1 rings (SSSR count). The van der Waals surface area contributed by atoms with E-state index in [2.05, 4.69) is 31.4 Å². The van der Waals surface area contributed by atoms with Crippen molar-refractivity contribution in [1.82, 2.24) is 10.6 Å². The standard InChI is InChI=1S/C15H30N2O2S/c1-11(9-16-13(18)19-14(2,3)4)17-12-10-20-8-7-15(12,5)6/h11-12,17H,7-10H2,1-6H3,(H,16,18). The Bertz CT molecular complexity index is 326. The van der Waals surface area contributed by atoms with Gasteiger partial charge in [0.1, 0.15) is 5.60 Å². The molecule has 0 aromatic heterocycles. The number of carbonyl (C=O) groups excluding carboxylic acids is 1. The summed E-state index contributed by atoms with van der Waals surface area (Å²) in [6, 6.07) is 0.738. The van der Waals surface area contributed by atoms with Gasteiger partial charge >= 0.3 is 6.09 Å². The molecule has 0 spiro atoms. The molecule has 1 aliphatic rings. The van der Waals surface area contributed by atoms with Gasteiger partial charge in [0.15, 0.2) is 0 Å². The van der Waals surface area contributed by atoms with Crippen molar-refractivity contribution >= 4 is 17.9 Å². The van der Waals surface area contributed by atoms with Gasteiger partial charge < -0.3 is 15.4 Å². The molecular weight excluding hydrogens is 272 g/mol. The molecule has 1 amide bonds. The van der Waals surface area contributed by atoms with Crippen LogP contribution >= 0.6 is 11.8 Å². The molecule has 0 radical (unpaired) electrons. The summed E-state index contributed by atoms with van der Waals surface area (Å²) in [6.45, 7) is 12.9. The number of amides is 1. The molecule has 5 heteroatoms. The van der Waals surface area contributed by atoms with Crippen LogP contribution in [-0.2, 0) is 4.74 Å². The van der Waals surface area contributed by atoms with Crippen molar-refractivity contribution in [3.05, 3.63) is 0 Å². The van der Waals surface area contributed by atoms with Gasteiger partial charge in [0.2, 0.25) is 0 Å². The molecule has 4 nitrogen and oxygen atoms in total. The Morgan fingerprint density at radius 1 is 1.45 bits per heavy atom. The van der Waals surface area contributed by atoms with Gasteiger partial charge in [0.25, 0.3) is 0 Å². The smallest absolute Gasteiger partial charge is 0.407 e. The molecule has 0 aromatic rings. The first-order valence-corrected chi connectivity index (χ1v) is 8.56. The van der Waals surface area contributed by atoms with E-state index in [0.717, 1.165) is 5.75 Å². The van der Waals surface area contributed by atoms with Gasteiger partial charge in [-0.2, -0.15) is 11.8 Å². The number of thioether (sulfide) groups is 1. The van der Waals surface area contributed by atoms with Crippen molar-refractivity contribution in [3.8, 4) is 0 Å². The maximum Gasteiger partial charge on any atom is 0.407 e. The zero-order chi connectivity index (χ0) is 15.4. The highest BCUT2D eigenvalue weighted by atomic mass is 32.2. The average Bonchev–Trinajstić information content (AvgIpc) is 2.27. The summed E-state index contributed by atoms with van der Waals surface area (Å²) in [7, 11) is 0. The fourth-order valence-electron chi connectivity index (χ4n) is 2.16. The van der Waals surface area contributed by atoms with Gasteiger partial charge in [-0.15, -0.1) is 0 Å². The number of rotatable bonds is 4. The van der Waals surface area contributed by atoms with Crippen LogP contribution in [-0.4, -0.2) is 41.8 Å². The van der Waals surface area contributed by atoms with Crippen molar-refractivity contribution in [2.45, 2.75) is 65.6 Å². The fraction of sp³-hybridized carbons (Fsp3) is 0.933. The molecule has 2 atom stereocenters. The van der Waals surface area contributed by atoms with Crippen LogP contribution in [0.5, 0.6) is 0 Å². The largest absolute Gasteiger partial charge is 0.444 e. The van der Waals surface area contributed by atoms with Gasteiger partial charge in [-0.1, -0.05) is 13.8 Å². The summed E-state index contributed by atoms with van der Waals surface area (Å²) >= 11 is 2.01. The molecule has 2 unspecified atom stereocenters. The van der Waals surface area contributed by atoms with Crippen molar-refractivity contribution in [1.29, 1.82) is 0 Å². The van der Waals surface area contributed by atoms with Crippen LogP contribution in [0.25, 0.3) is 0 Å². The number of hydrogen-bond donors (Lipinski definition) is 2. The first kappa shape index (κ1) is 17.6. The quantitative estimate of drug-likeness (QED) is 0.838. The predicted molar refractivity (Wildman–Crippen MR) is 86.3 cm³/mol. The van der Waals surface area contributed by atoms with Gasteiger partial charge in [-0.3, -0.25) is 0 Å². The minimum Gasteiger partial charge on any atom is -0.444 e. The Labute approximate surface area is 127 Å². The lowest BCUT2D eigenvalue weighted by Crippen LogP contribution is -2.52. The van der Waals surface area contributed by atoms with Crippen LogP contribution < -0.4 is 10.6 Å². The van der Waals surface area contributed by atoms with E-state index >= 15 is 0 Å². The summed E-state index contributed by atoms with van der Waals surface area (Å²) < 4.78 is 5.24. The maximum absolute atomic E-state index is 11.6. The molecule has 20 heavy (non-hydrogen) atoms. The molecule has 118 valence electrons. The second-order valence-electron chi connectivity index (χ2n) is 7.32. The third-order valence-corrected chi connectivity index (χ3v) is 4.62.